The Morgan fingerprint density at radius 1 is 1.05 bits per heavy atom. The zero-order chi connectivity index (χ0) is 15.4. The highest BCUT2D eigenvalue weighted by Crippen LogP contribution is 2.27. The van der Waals surface area contributed by atoms with Crippen LogP contribution in [0, 0.1) is 5.92 Å². The molecule has 0 radical (unpaired) electrons. The van der Waals surface area contributed by atoms with E-state index in [1.54, 1.807) is 7.11 Å². The number of piperazine rings is 1. The van der Waals surface area contributed by atoms with E-state index in [-0.39, 0.29) is 0 Å². The Kier molecular flexibility index (Phi) is 5.37. The lowest BCUT2D eigenvalue weighted by molar-refractivity contribution is 0.0689. The van der Waals surface area contributed by atoms with E-state index in [1.165, 1.54) is 57.4 Å². The highest BCUT2D eigenvalue weighted by atomic mass is 16.5. The van der Waals surface area contributed by atoms with Crippen LogP contribution in [0.1, 0.15) is 38.2 Å². The summed E-state index contributed by atoms with van der Waals surface area (Å²) in [6.07, 6.45) is 5.68. The molecule has 1 aromatic rings. The summed E-state index contributed by atoms with van der Waals surface area (Å²) in [7, 11) is 1.74. The van der Waals surface area contributed by atoms with Crippen LogP contribution in [0.3, 0.4) is 0 Å². The number of nitrogens with zero attached hydrogens (tertiary/aromatic N) is 2. The van der Waals surface area contributed by atoms with Crippen molar-refractivity contribution in [2.75, 3.05) is 33.3 Å². The van der Waals surface area contributed by atoms with Gasteiger partial charge in [0.1, 0.15) is 5.75 Å². The van der Waals surface area contributed by atoms with Crippen molar-refractivity contribution in [3.8, 4) is 5.75 Å². The van der Waals surface area contributed by atoms with Crippen LogP contribution in [-0.2, 0) is 6.54 Å². The summed E-state index contributed by atoms with van der Waals surface area (Å²) in [5, 5.41) is 0. The number of benzene rings is 1. The first-order valence-corrected chi connectivity index (χ1v) is 8.84. The predicted molar refractivity (Wildman–Crippen MR) is 91.3 cm³/mol. The maximum atomic E-state index is 5.32. The Hall–Kier alpha value is -1.06. The number of ether oxygens (including phenoxy) is 1. The summed E-state index contributed by atoms with van der Waals surface area (Å²) in [6, 6.07) is 9.33. The number of hydrogen-bond donors (Lipinski definition) is 0. The molecule has 0 unspecified atom stereocenters. The number of methoxy groups -OCH3 is 1. The topological polar surface area (TPSA) is 15.7 Å². The van der Waals surface area contributed by atoms with Gasteiger partial charge in [-0.05, 0) is 49.3 Å². The predicted octanol–water partition coefficient (Wildman–Crippen LogP) is 3.39. The molecule has 1 saturated heterocycles. The molecule has 0 atom stereocenters. The second-order valence-corrected chi connectivity index (χ2v) is 7.08. The SMILES string of the molecule is COc1cccc(CN2CCN(C3CCC(C)CC3)CC2)c1. The van der Waals surface area contributed by atoms with Crippen LogP contribution in [0.5, 0.6) is 5.75 Å². The van der Waals surface area contributed by atoms with E-state index < -0.39 is 0 Å². The lowest BCUT2D eigenvalue weighted by atomic mass is 9.86. The molecule has 1 heterocycles. The summed E-state index contributed by atoms with van der Waals surface area (Å²) in [5.41, 5.74) is 1.36. The monoisotopic (exact) mass is 302 g/mol. The molecule has 1 aliphatic heterocycles. The van der Waals surface area contributed by atoms with Crippen molar-refractivity contribution in [3.63, 3.8) is 0 Å². The van der Waals surface area contributed by atoms with Gasteiger partial charge < -0.3 is 4.74 Å². The lowest BCUT2D eigenvalue weighted by Crippen LogP contribution is -2.50. The Labute approximate surface area is 135 Å². The fourth-order valence-corrected chi connectivity index (χ4v) is 3.92. The van der Waals surface area contributed by atoms with Crippen molar-refractivity contribution in [2.24, 2.45) is 5.92 Å². The molecule has 122 valence electrons. The van der Waals surface area contributed by atoms with Crippen molar-refractivity contribution in [1.29, 1.82) is 0 Å². The van der Waals surface area contributed by atoms with Crippen molar-refractivity contribution >= 4 is 0 Å². The molecule has 0 N–H and O–H groups in total. The molecular formula is C19H30N2O. The van der Waals surface area contributed by atoms with Gasteiger partial charge in [-0.25, -0.2) is 0 Å². The molecule has 3 rings (SSSR count). The van der Waals surface area contributed by atoms with Crippen LogP contribution in [0.2, 0.25) is 0 Å². The van der Waals surface area contributed by atoms with Gasteiger partial charge in [-0.2, -0.15) is 0 Å². The van der Waals surface area contributed by atoms with E-state index >= 15 is 0 Å². The van der Waals surface area contributed by atoms with Crippen LogP contribution >= 0.6 is 0 Å². The van der Waals surface area contributed by atoms with E-state index in [4.69, 9.17) is 4.74 Å². The zero-order valence-electron chi connectivity index (χ0n) is 14.1. The van der Waals surface area contributed by atoms with Crippen LogP contribution in [0.25, 0.3) is 0 Å². The summed E-state index contributed by atoms with van der Waals surface area (Å²) < 4.78 is 5.32. The second kappa shape index (κ2) is 7.47. The first-order valence-electron chi connectivity index (χ1n) is 8.84. The maximum absolute atomic E-state index is 5.32. The molecule has 0 spiro atoms. The molecule has 1 aliphatic carbocycles. The summed E-state index contributed by atoms with van der Waals surface area (Å²) >= 11 is 0. The van der Waals surface area contributed by atoms with Crippen molar-refractivity contribution in [2.45, 2.75) is 45.2 Å². The standard InChI is InChI=1S/C19H30N2O/c1-16-6-8-18(9-7-16)21-12-10-20(11-13-21)15-17-4-3-5-19(14-17)22-2/h3-5,14,16,18H,6-13,15H2,1-2H3. The first kappa shape index (κ1) is 15.8. The van der Waals surface area contributed by atoms with Crippen molar-refractivity contribution in [1.82, 2.24) is 9.80 Å². The summed E-state index contributed by atoms with van der Waals surface area (Å²) in [4.78, 5) is 5.32. The van der Waals surface area contributed by atoms with Crippen LogP contribution in [-0.4, -0.2) is 49.1 Å². The Morgan fingerprint density at radius 3 is 2.45 bits per heavy atom. The smallest absolute Gasteiger partial charge is 0.119 e. The Morgan fingerprint density at radius 2 is 1.77 bits per heavy atom. The molecule has 3 nitrogen and oxygen atoms in total. The van der Waals surface area contributed by atoms with Gasteiger partial charge in [0.25, 0.3) is 0 Å². The van der Waals surface area contributed by atoms with Gasteiger partial charge in [0.2, 0.25) is 0 Å². The quantitative estimate of drug-likeness (QED) is 0.848. The van der Waals surface area contributed by atoms with E-state index in [2.05, 4.69) is 34.9 Å². The number of rotatable bonds is 4. The normalized spacial score (nSPS) is 27.7. The Balaban J connectivity index is 1.47. The number of hydrogen-bond acceptors (Lipinski definition) is 3. The van der Waals surface area contributed by atoms with E-state index in [0.29, 0.717) is 0 Å². The summed E-state index contributed by atoms with van der Waals surface area (Å²) in [6.45, 7) is 8.33. The Bertz CT molecular complexity index is 460. The second-order valence-electron chi connectivity index (χ2n) is 7.08. The maximum Gasteiger partial charge on any atom is 0.119 e. The highest BCUT2D eigenvalue weighted by Gasteiger charge is 2.26. The van der Waals surface area contributed by atoms with Crippen LogP contribution in [0.15, 0.2) is 24.3 Å². The minimum Gasteiger partial charge on any atom is -0.497 e. The van der Waals surface area contributed by atoms with Crippen molar-refractivity contribution < 1.29 is 4.74 Å². The molecule has 22 heavy (non-hydrogen) atoms. The molecule has 2 aliphatic rings. The molecule has 2 fully saturated rings. The largest absolute Gasteiger partial charge is 0.497 e. The molecule has 0 aromatic heterocycles. The molecule has 1 saturated carbocycles. The van der Waals surface area contributed by atoms with Crippen LogP contribution in [0.4, 0.5) is 0 Å². The van der Waals surface area contributed by atoms with Gasteiger partial charge in [0, 0.05) is 38.8 Å². The minimum atomic E-state index is 0.857. The van der Waals surface area contributed by atoms with Gasteiger partial charge in [-0.15, -0.1) is 0 Å². The fraction of sp³-hybridized carbons (Fsp3) is 0.684. The fourth-order valence-electron chi connectivity index (χ4n) is 3.92. The van der Waals surface area contributed by atoms with E-state index in [0.717, 1.165) is 24.3 Å². The van der Waals surface area contributed by atoms with Gasteiger partial charge in [0.05, 0.1) is 7.11 Å². The molecule has 0 amide bonds. The van der Waals surface area contributed by atoms with Crippen molar-refractivity contribution in [3.05, 3.63) is 29.8 Å². The summed E-state index contributed by atoms with van der Waals surface area (Å²) in [5.74, 6) is 1.91. The van der Waals surface area contributed by atoms with Gasteiger partial charge >= 0.3 is 0 Å². The van der Waals surface area contributed by atoms with Gasteiger partial charge in [0.15, 0.2) is 0 Å². The molecule has 3 heteroatoms. The minimum absolute atomic E-state index is 0.857. The molecule has 1 aromatic carbocycles. The average Bonchev–Trinajstić information content (AvgIpc) is 2.57. The lowest BCUT2D eigenvalue weighted by Gasteiger charge is -2.41. The molecular weight excluding hydrogens is 272 g/mol. The first-order chi connectivity index (χ1) is 10.7. The van der Waals surface area contributed by atoms with E-state index in [1.807, 2.05) is 6.07 Å². The average molecular weight is 302 g/mol. The third kappa shape index (κ3) is 4.02. The van der Waals surface area contributed by atoms with E-state index in [9.17, 15) is 0 Å². The van der Waals surface area contributed by atoms with Gasteiger partial charge in [-0.1, -0.05) is 19.1 Å². The third-order valence-corrected chi connectivity index (χ3v) is 5.45. The van der Waals surface area contributed by atoms with Gasteiger partial charge in [-0.3, -0.25) is 9.80 Å². The molecule has 0 bridgehead atoms. The highest BCUT2D eigenvalue weighted by molar-refractivity contribution is 5.28. The van der Waals surface area contributed by atoms with Crippen LogP contribution < -0.4 is 4.74 Å². The zero-order valence-corrected chi connectivity index (χ0v) is 14.1. The third-order valence-electron chi connectivity index (χ3n) is 5.45.